The fourth-order valence-corrected chi connectivity index (χ4v) is 1.52. The van der Waals surface area contributed by atoms with Crippen LogP contribution >= 0.6 is 0 Å². The van der Waals surface area contributed by atoms with Crippen molar-refractivity contribution in [1.82, 2.24) is 0 Å². The normalized spacial score (nSPS) is 13.1. The third-order valence-corrected chi connectivity index (χ3v) is 2.69. The summed E-state index contributed by atoms with van der Waals surface area (Å²) in [6, 6.07) is 0. The summed E-state index contributed by atoms with van der Waals surface area (Å²) in [6.45, 7) is 0. The van der Waals surface area contributed by atoms with Gasteiger partial charge in [-0.3, -0.25) is 0 Å². The fourth-order valence-electron chi connectivity index (χ4n) is 0.227. The zero-order valence-corrected chi connectivity index (χ0v) is 8.01. The Morgan fingerprint density at radius 1 is 0.667 bits per heavy atom. The quantitative estimate of drug-likeness (QED) is 0.456. The molecule has 0 rings (SSSR count). The zero-order valence-electron chi connectivity index (χ0n) is 3.97. The Labute approximate surface area is 58.4 Å². The molecular formula is C2CdF6. The molecule has 0 bridgehead atoms. The van der Waals surface area contributed by atoms with Crippen molar-refractivity contribution in [3.63, 3.8) is 0 Å². The van der Waals surface area contributed by atoms with E-state index in [9.17, 15) is 26.3 Å². The van der Waals surface area contributed by atoms with Gasteiger partial charge in [0, 0.05) is 0 Å². The molecule has 0 aliphatic rings. The van der Waals surface area contributed by atoms with E-state index in [0.717, 1.165) is 0 Å². The van der Waals surface area contributed by atoms with E-state index >= 15 is 0 Å². The fraction of sp³-hybridized carbons (Fsp3) is 1.00. The molecule has 0 saturated heterocycles. The predicted molar refractivity (Wildman–Crippen MR) is 12.1 cm³/mol. The van der Waals surface area contributed by atoms with Gasteiger partial charge in [0.15, 0.2) is 0 Å². The van der Waals surface area contributed by atoms with E-state index in [4.69, 9.17) is 0 Å². The minimum atomic E-state index is -4.93. The number of alkyl halides is 6. The van der Waals surface area contributed by atoms with Crippen LogP contribution in [0.5, 0.6) is 0 Å². The van der Waals surface area contributed by atoms with Crippen molar-refractivity contribution in [3.8, 4) is 0 Å². The van der Waals surface area contributed by atoms with Gasteiger partial charge in [-0.15, -0.1) is 0 Å². The number of rotatable bonds is 0. The van der Waals surface area contributed by atoms with E-state index in [-0.39, 0.29) is 0 Å². The van der Waals surface area contributed by atoms with Crippen molar-refractivity contribution >= 4 is 0 Å². The summed E-state index contributed by atoms with van der Waals surface area (Å²) < 4.78 is 55.7. The molecule has 0 aromatic carbocycles. The summed E-state index contributed by atoms with van der Waals surface area (Å²) in [7, 11) is 0. The number of halogens is 6. The molecule has 0 N–H and O–H groups in total. The van der Waals surface area contributed by atoms with Crippen LogP contribution in [-0.4, -0.2) is 7.47 Å². The van der Waals surface area contributed by atoms with Crippen molar-refractivity contribution in [3.05, 3.63) is 0 Å². The Morgan fingerprint density at radius 2 is 0.889 bits per heavy atom. The van der Waals surface area contributed by atoms with E-state index in [0.29, 0.717) is 0 Å². The van der Waals surface area contributed by atoms with Crippen LogP contribution in [0.25, 0.3) is 0 Å². The van der Waals surface area contributed by atoms with Crippen LogP contribution in [0.4, 0.5) is 26.3 Å². The molecule has 0 fully saturated rings. The first-order chi connectivity index (χ1) is 3.71. The standard InChI is InChI=1S/2CF3.Cd/c2*2-1(3)4;. The van der Waals surface area contributed by atoms with Gasteiger partial charge >= 0.3 is 58.0 Å². The molecule has 7 heteroatoms. The SMILES string of the molecule is F[C](F)(F)[Cd][C](F)(F)F. The Kier molecular flexibility index (Phi) is 2.77. The minimum absolute atomic E-state index is 4.53. The van der Waals surface area contributed by atoms with Crippen LogP contribution in [-0.2, 0) is 24.2 Å². The summed E-state index contributed by atoms with van der Waals surface area (Å²) in [5.41, 5.74) is 0. The van der Waals surface area contributed by atoms with Crippen LogP contribution in [0.1, 0.15) is 0 Å². The van der Waals surface area contributed by atoms with Crippen LogP contribution < -0.4 is 0 Å². The van der Waals surface area contributed by atoms with Gasteiger partial charge in [0.2, 0.25) is 0 Å². The van der Waals surface area contributed by atoms with Gasteiger partial charge < -0.3 is 0 Å². The molecule has 0 saturated carbocycles. The molecule has 0 aromatic heterocycles. The first-order valence-corrected chi connectivity index (χ1v) is 5.88. The average molecular weight is 250 g/mol. The third kappa shape index (κ3) is 8.50. The average Bonchev–Trinajstić information content (AvgIpc) is 1.14. The molecule has 0 aliphatic carbocycles. The molecule has 0 spiro atoms. The summed E-state index contributed by atoms with van der Waals surface area (Å²) in [5, 5.41) is 0. The second kappa shape index (κ2) is 2.62. The maximum absolute atomic E-state index is 10.9. The molecule has 9 heavy (non-hydrogen) atoms. The van der Waals surface area contributed by atoms with Crippen LogP contribution in [0.3, 0.4) is 0 Å². The second-order valence-electron chi connectivity index (χ2n) is 1.41. The molecule has 0 radical (unpaired) electrons. The first-order valence-electron chi connectivity index (χ1n) is 1.84. The van der Waals surface area contributed by atoms with E-state index < -0.39 is 31.7 Å². The maximum atomic E-state index is 10.9. The summed E-state index contributed by atoms with van der Waals surface area (Å²) in [4.78, 5) is 0. The summed E-state index contributed by atoms with van der Waals surface area (Å²) in [6.07, 6.45) is 0. The van der Waals surface area contributed by atoms with Gasteiger partial charge in [-0.05, 0) is 0 Å². The van der Waals surface area contributed by atoms with Gasteiger partial charge in [-0.1, -0.05) is 0 Å². The molecule has 0 aromatic rings. The van der Waals surface area contributed by atoms with E-state index in [2.05, 4.69) is 0 Å². The molecule has 0 amide bonds. The van der Waals surface area contributed by atoms with Crippen LogP contribution in [0, 0.1) is 0 Å². The molecular weight excluding hydrogens is 250 g/mol. The second-order valence-corrected chi connectivity index (χ2v) is 6.99. The Morgan fingerprint density at radius 3 is 0.889 bits per heavy atom. The predicted octanol–water partition coefficient (Wildman–Crippen LogP) is 2.11. The van der Waals surface area contributed by atoms with Gasteiger partial charge in [-0.25, -0.2) is 0 Å². The molecule has 52 valence electrons. The van der Waals surface area contributed by atoms with Crippen molar-refractivity contribution < 1.29 is 50.6 Å². The zero-order chi connectivity index (χ0) is 7.71. The van der Waals surface area contributed by atoms with Crippen LogP contribution in [0.2, 0.25) is 0 Å². The first kappa shape index (κ1) is 9.50. The topological polar surface area (TPSA) is 0 Å². The van der Waals surface area contributed by atoms with Crippen LogP contribution in [0.15, 0.2) is 0 Å². The van der Waals surface area contributed by atoms with E-state index in [1.807, 2.05) is 0 Å². The van der Waals surface area contributed by atoms with Gasteiger partial charge in [0.25, 0.3) is 0 Å². The monoisotopic (exact) mass is 252 g/mol. The molecule has 0 aliphatic heterocycles. The summed E-state index contributed by atoms with van der Waals surface area (Å²) >= 11 is -4.53. The molecule has 0 nitrogen and oxygen atoms in total. The van der Waals surface area contributed by atoms with E-state index in [1.165, 1.54) is 0 Å². The molecule has 0 heterocycles. The number of hydrogen-bond donors (Lipinski definition) is 0. The van der Waals surface area contributed by atoms with Crippen molar-refractivity contribution in [2.75, 3.05) is 0 Å². The number of hydrogen-bond acceptors (Lipinski definition) is 0. The summed E-state index contributed by atoms with van der Waals surface area (Å²) in [5.74, 6) is 0. The Bertz CT molecular complexity index is 76.2. The molecule has 0 atom stereocenters. The van der Waals surface area contributed by atoms with Crippen molar-refractivity contribution in [2.45, 2.75) is 7.47 Å². The van der Waals surface area contributed by atoms with Gasteiger partial charge in [-0.2, -0.15) is 0 Å². The van der Waals surface area contributed by atoms with Crippen molar-refractivity contribution in [1.29, 1.82) is 0 Å². The molecule has 0 unspecified atom stereocenters. The Hall–Kier alpha value is 0.502. The van der Waals surface area contributed by atoms with Crippen molar-refractivity contribution in [2.24, 2.45) is 0 Å². The van der Waals surface area contributed by atoms with Gasteiger partial charge in [0.1, 0.15) is 0 Å². The third-order valence-electron chi connectivity index (χ3n) is 0.401. The van der Waals surface area contributed by atoms with Gasteiger partial charge in [0.05, 0.1) is 0 Å². The Balaban J connectivity index is 3.75. The van der Waals surface area contributed by atoms with E-state index in [1.54, 1.807) is 0 Å².